The van der Waals surface area contributed by atoms with E-state index in [0.29, 0.717) is 25.7 Å². The summed E-state index contributed by atoms with van der Waals surface area (Å²) in [6.07, 6.45) is 13.4. The molecule has 0 aliphatic heterocycles. The third-order valence-corrected chi connectivity index (χ3v) is 7.20. The monoisotopic (exact) mass is 522 g/mol. The fourth-order valence-corrected chi connectivity index (χ4v) is 4.90. The fourth-order valence-electron chi connectivity index (χ4n) is 3.93. The Morgan fingerprint density at radius 1 is 0.735 bits per heavy atom. The van der Waals surface area contributed by atoms with Gasteiger partial charge in [0.2, 0.25) is 0 Å². The first kappa shape index (κ1) is 39.4. The molecular formula is C24H44Na2O7S. The summed E-state index contributed by atoms with van der Waals surface area (Å²) >= 11 is 0. The summed E-state index contributed by atoms with van der Waals surface area (Å²) in [6, 6.07) is 0. The number of esters is 1. The molecule has 10 heteroatoms. The van der Waals surface area contributed by atoms with Crippen LogP contribution >= 0.6 is 0 Å². The SMILES string of the molecule is CCCCCCCCCCCC(=O)OC(CCCCCCCC(=O)[O-])C(CC)S(=O)(=O)[O-].[Na+].[Na+]. The zero-order valence-electron chi connectivity index (χ0n) is 22.1. The van der Waals surface area contributed by atoms with E-state index in [4.69, 9.17) is 4.74 Å². The predicted molar refractivity (Wildman–Crippen MR) is 123 cm³/mol. The van der Waals surface area contributed by atoms with Crippen molar-refractivity contribution >= 4 is 22.1 Å². The van der Waals surface area contributed by atoms with Gasteiger partial charge < -0.3 is 19.2 Å². The average molecular weight is 523 g/mol. The van der Waals surface area contributed by atoms with E-state index in [2.05, 4.69) is 6.92 Å². The van der Waals surface area contributed by atoms with E-state index in [9.17, 15) is 27.7 Å². The Balaban J connectivity index is -0.00000480. The van der Waals surface area contributed by atoms with Crippen LogP contribution in [0.4, 0.5) is 0 Å². The Labute approximate surface area is 252 Å². The Kier molecular flexibility index (Phi) is 29.5. The van der Waals surface area contributed by atoms with Gasteiger partial charge in [0.25, 0.3) is 0 Å². The summed E-state index contributed by atoms with van der Waals surface area (Å²) in [6.45, 7) is 3.81. The second-order valence-electron chi connectivity index (χ2n) is 8.72. The zero-order chi connectivity index (χ0) is 24.2. The molecule has 0 rings (SSSR count). The minimum absolute atomic E-state index is 0. The molecule has 0 radical (unpaired) electrons. The molecule has 0 heterocycles. The van der Waals surface area contributed by atoms with Crippen LogP contribution in [-0.2, 0) is 24.4 Å². The van der Waals surface area contributed by atoms with E-state index in [0.717, 1.165) is 38.5 Å². The molecule has 2 atom stereocenters. The van der Waals surface area contributed by atoms with Gasteiger partial charge in [-0.15, -0.1) is 0 Å². The Morgan fingerprint density at radius 2 is 1.18 bits per heavy atom. The summed E-state index contributed by atoms with van der Waals surface area (Å²) < 4.78 is 40.4. The van der Waals surface area contributed by atoms with Crippen LogP contribution in [0.15, 0.2) is 0 Å². The molecular weight excluding hydrogens is 478 g/mol. The molecule has 0 saturated heterocycles. The van der Waals surface area contributed by atoms with Gasteiger partial charge >= 0.3 is 65.1 Å². The van der Waals surface area contributed by atoms with Gasteiger partial charge in [0.1, 0.15) is 16.2 Å². The molecule has 0 aromatic rings. The van der Waals surface area contributed by atoms with Crippen LogP contribution in [0.3, 0.4) is 0 Å². The van der Waals surface area contributed by atoms with Gasteiger partial charge in [0, 0.05) is 12.4 Å². The van der Waals surface area contributed by atoms with E-state index in [1.165, 1.54) is 32.1 Å². The number of carboxylic acid groups (broad SMARTS) is 1. The van der Waals surface area contributed by atoms with Gasteiger partial charge in [0.05, 0.1) is 5.25 Å². The molecule has 0 aromatic carbocycles. The summed E-state index contributed by atoms with van der Waals surface area (Å²) in [5, 5.41) is 9.18. The fraction of sp³-hybridized carbons (Fsp3) is 0.917. The molecule has 0 aromatic heterocycles. The van der Waals surface area contributed by atoms with Gasteiger partial charge in [-0.3, -0.25) is 4.79 Å². The average Bonchev–Trinajstić information content (AvgIpc) is 2.70. The number of unbranched alkanes of at least 4 members (excludes halogenated alkanes) is 12. The molecule has 0 amide bonds. The number of carboxylic acids is 1. The van der Waals surface area contributed by atoms with E-state index in [-0.39, 0.29) is 78.4 Å². The van der Waals surface area contributed by atoms with Crippen molar-refractivity contribution in [2.24, 2.45) is 0 Å². The molecule has 2 unspecified atom stereocenters. The Hall–Kier alpha value is 0.850. The maximum atomic E-state index is 12.3. The van der Waals surface area contributed by atoms with Crippen molar-refractivity contribution in [2.45, 2.75) is 141 Å². The molecule has 0 bridgehead atoms. The number of ether oxygens (including phenoxy) is 1. The smallest absolute Gasteiger partial charge is 0.748 e. The third kappa shape index (κ3) is 23.3. The van der Waals surface area contributed by atoms with Crippen LogP contribution < -0.4 is 64.2 Å². The van der Waals surface area contributed by atoms with Gasteiger partial charge in [-0.2, -0.15) is 0 Å². The van der Waals surface area contributed by atoms with Crippen LogP contribution in [0, 0.1) is 0 Å². The minimum atomic E-state index is -4.56. The van der Waals surface area contributed by atoms with Crippen LogP contribution in [0.5, 0.6) is 0 Å². The summed E-state index contributed by atoms with van der Waals surface area (Å²) in [7, 11) is -4.56. The molecule has 0 aliphatic rings. The normalized spacial score (nSPS) is 12.8. The van der Waals surface area contributed by atoms with Crippen molar-refractivity contribution in [2.75, 3.05) is 0 Å². The van der Waals surface area contributed by atoms with Crippen molar-refractivity contribution in [1.82, 2.24) is 0 Å². The Bertz CT molecular complexity index is 600. The molecule has 190 valence electrons. The summed E-state index contributed by atoms with van der Waals surface area (Å²) in [5.74, 6) is -1.50. The summed E-state index contributed by atoms with van der Waals surface area (Å²) in [5.41, 5.74) is 0. The van der Waals surface area contributed by atoms with Crippen molar-refractivity contribution < 1.29 is 91.5 Å². The molecule has 0 spiro atoms. The number of rotatable bonds is 22. The predicted octanol–water partition coefficient (Wildman–Crippen LogP) is -1.37. The summed E-state index contributed by atoms with van der Waals surface area (Å²) in [4.78, 5) is 22.7. The quantitative estimate of drug-likeness (QED) is 0.0744. The molecule has 0 saturated carbocycles. The zero-order valence-corrected chi connectivity index (χ0v) is 27.0. The van der Waals surface area contributed by atoms with Gasteiger partial charge in [-0.1, -0.05) is 84.5 Å². The van der Waals surface area contributed by atoms with Crippen LogP contribution in [0.1, 0.15) is 129 Å². The van der Waals surface area contributed by atoms with Gasteiger partial charge in [-0.25, -0.2) is 8.42 Å². The third-order valence-electron chi connectivity index (χ3n) is 5.82. The molecule has 0 N–H and O–H groups in total. The number of carbonyl (C=O) groups excluding carboxylic acids is 2. The number of carbonyl (C=O) groups is 2. The second-order valence-corrected chi connectivity index (χ2v) is 10.3. The van der Waals surface area contributed by atoms with Gasteiger partial charge in [0.15, 0.2) is 0 Å². The van der Waals surface area contributed by atoms with E-state index < -0.39 is 33.4 Å². The first-order valence-electron chi connectivity index (χ1n) is 12.6. The molecule has 0 aliphatic carbocycles. The van der Waals surface area contributed by atoms with E-state index in [1.807, 2.05) is 0 Å². The van der Waals surface area contributed by atoms with Crippen molar-refractivity contribution in [1.29, 1.82) is 0 Å². The molecule has 0 fully saturated rings. The van der Waals surface area contributed by atoms with Gasteiger partial charge in [-0.05, 0) is 38.5 Å². The molecule has 7 nitrogen and oxygen atoms in total. The largest absolute Gasteiger partial charge is 1.00 e. The van der Waals surface area contributed by atoms with Crippen molar-refractivity contribution in [3.05, 3.63) is 0 Å². The maximum absolute atomic E-state index is 12.3. The maximum Gasteiger partial charge on any atom is 1.00 e. The number of aliphatic carboxylic acids is 1. The topological polar surface area (TPSA) is 124 Å². The molecule has 34 heavy (non-hydrogen) atoms. The van der Waals surface area contributed by atoms with Crippen LogP contribution in [-0.4, -0.2) is 36.3 Å². The number of hydrogen-bond acceptors (Lipinski definition) is 7. The first-order chi connectivity index (χ1) is 15.2. The standard InChI is InChI=1S/C24H46O7S.2Na/c1-3-5-6-7-8-9-10-14-17-20-24(27)31-21(22(4-2)32(28,29)30)18-15-12-11-13-16-19-23(25)26;;/h21-22H,3-20H2,1-2H3,(H,25,26)(H,28,29,30);;/q;2*+1/p-2. The van der Waals surface area contributed by atoms with E-state index in [1.54, 1.807) is 6.92 Å². The van der Waals surface area contributed by atoms with Crippen molar-refractivity contribution in [3.8, 4) is 0 Å². The van der Waals surface area contributed by atoms with E-state index >= 15 is 0 Å². The second kappa shape index (κ2) is 25.5. The van der Waals surface area contributed by atoms with Crippen molar-refractivity contribution in [3.63, 3.8) is 0 Å². The van der Waals surface area contributed by atoms with Crippen LogP contribution in [0.25, 0.3) is 0 Å². The van der Waals surface area contributed by atoms with Crippen LogP contribution in [0.2, 0.25) is 0 Å². The first-order valence-corrected chi connectivity index (χ1v) is 14.0. The number of hydrogen-bond donors (Lipinski definition) is 0. The Morgan fingerprint density at radius 3 is 1.62 bits per heavy atom. The minimum Gasteiger partial charge on any atom is -0.748 e.